The summed E-state index contributed by atoms with van der Waals surface area (Å²) in [5, 5.41) is 14.2. The van der Waals surface area contributed by atoms with Crippen LogP contribution in [0.4, 0.5) is 10.7 Å². The molecule has 2 heterocycles. The Bertz CT molecular complexity index is 1150. The number of primary amides is 1. The molecule has 0 bridgehead atoms. The second-order valence-corrected chi connectivity index (χ2v) is 8.23. The molecule has 0 aliphatic carbocycles. The zero-order valence-electron chi connectivity index (χ0n) is 17.1. The van der Waals surface area contributed by atoms with Gasteiger partial charge in [-0.25, -0.2) is 0 Å². The van der Waals surface area contributed by atoms with Crippen molar-refractivity contribution in [3.8, 4) is 5.75 Å². The average molecular weight is 443 g/mol. The molecule has 1 aromatic carbocycles. The van der Waals surface area contributed by atoms with Crippen LogP contribution in [0.3, 0.4) is 0 Å². The third kappa shape index (κ3) is 5.10. The van der Waals surface area contributed by atoms with Crippen LogP contribution in [0.2, 0.25) is 0 Å². The summed E-state index contributed by atoms with van der Waals surface area (Å²) in [6.07, 6.45) is 0. The van der Waals surface area contributed by atoms with Gasteiger partial charge >= 0.3 is 5.69 Å². The predicted molar refractivity (Wildman–Crippen MR) is 116 cm³/mol. The highest BCUT2D eigenvalue weighted by Gasteiger charge is 2.20. The van der Waals surface area contributed by atoms with Crippen LogP contribution < -0.4 is 15.8 Å². The van der Waals surface area contributed by atoms with Gasteiger partial charge in [-0.05, 0) is 42.7 Å². The molecule has 3 N–H and O–H groups in total. The van der Waals surface area contributed by atoms with Gasteiger partial charge < -0.3 is 20.2 Å². The van der Waals surface area contributed by atoms with Crippen LogP contribution in [-0.4, -0.2) is 16.7 Å². The third-order valence-corrected chi connectivity index (χ3v) is 5.73. The van der Waals surface area contributed by atoms with Crippen LogP contribution >= 0.6 is 11.3 Å². The number of anilines is 1. The Kier molecular flexibility index (Phi) is 6.40. The van der Waals surface area contributed by atoms with Crippen molar-refractivity contribution in [3.63, 3.8) is 0 Å². The monoisotopic (exact) mass is 443 g/mol. The number of benzene rings is 1. The molecule has 3 aromatic rings. The van der Waals surface area contributed by atoms with E-state index in [0.29, 0.717) is 10.8 Å². The Morgan fingerprint density at radius 3 is 2.65 bits per heavy atom. The molecule has 0 unspecified atom stereocenters. The molecule has 9 nitrogen and oxygen atoms in total. The molecule has 162 valence electrons. The normalized spacial score (nSPS) is 10.8. The van der Waals surface area contributed by atoms with Gasteiger partial charge in [0.25, 0.3) is 11.8 Å². The SMILES string of the molecule is Cc1ccc(OCc2ccc(C(=O)Nc3sc(C(C)C)cc3C(N)=O)o2)c([N+](=O)[O-])c1. The van der Waals surface area contributed by atoms with Crippen LogP contribution in [0.15, 0.2) is 40.8 Å². The number of nitrogens with two attached hydrogens (primary N) is 1. The van der Waals surface area contributed by atoms with E-state index in [1.165, 1.54) is 35.6 Å². The smallest absolute Gasteiger partial charge is 0.311 e. The summed E-state index contributed by atoms with van der Waals surface area (Å²) in [4.78, 5) is 35.8. The first kappa shape index (κ1) is 22.0. The number of ether oxygens (including phenoxy) is 1. The molecule has 3 rings (SSSR count). The van der Waals surface area contributed by atoms with E-state index in [0.717, 1.165) is 10.4 Å². The lowest BCUT2D eigenvalue weighted by atomic mass is 10.1. The van der Waals surface area contributed by atoms with Crippen molar-refractivity contribution < 1.29 is 23.7 Å². The quantitative estimate of drug-likeness (QED) is 0.385. The number of nitrogens with one attached hydrogen (secondary N) is 1. The largest absolute Gasteiger partial charge is 0.479 e. The van der Waals surface area contributed by atoms with Gasteiger partial charge in [-0.3, -0.25) is 19.7 Å². The van der Waals surface area contributed by atoms with E-state index in [1.807, 2.05) is 13.8 Å². The summed E-state index contributed by atoms with van der Waals surface area (Å²) in [5.74, 6) is -0.592. The Morgan fingerprint density at radius 2 is 2.00 bits per heavy atom. The molecule has 2 amide bonds. The molecule has 10 heteroatoms. The number of aryl methyl sites for hydroxylation is 1. The van der Waals surface area contributed by atoms with Crippen LogP contribution in [0.25, 0.3) is 0 Å². The Morgan fingerprint density at radius 1 is 1.26 bits per heavy atom. The summed E-state index contributed by atoms with van der Waals surface area (Å²) in [5.41, 5.74) is 6.24. The molecule has 0 aliphatic heterocycles. The number of hydrogen-bond donors (Lipinski definition) is 2. The Hall–Kier alpha value is -3.66. The number of amides is 2. The minimum absolute atomic E-state index is 0.00641. The summed E-state index contributed by atoms with van der Waals surface area (Å²) < 4.78 is 11.0. The van der Waals surface area contributed by atoms with Gasteiger partial charge in [-0.2, -0.15) is 0 Å². The zero-order chi connectivity index (χ0) is 22.7. The number of nitro groups is 1. The lowest BCUT2D eigenvalue weighted by molar-refractivity contribution is -0.386. The number of carbonyl (C=O) groups is 2. The first-order valence-electron chi connectivity index (χ1n) is 9.37. The number of rotatable bonds is 8. The maximum Gasteiger partial charge on any atom is 0.311 e. The molecule has 2 aromatic heterocycles. The van der Waals surface area contributed by atoms with Crippen molar-refractivity contribution in [2.24, 2.45) is 5.73 Å². The van der Waals surface area contributed by atoms with Crippen molar-refractivity contribution in [2.75, 3.05) is 5.32 Å². The second kappa shape index (κ2) is 9.00. The molecule has 0 atom stereocenters. The van der Waals surface area contributed by atoms with E-state index in [2.05, 4.69) is 5.32 Å². The average Bonchev–Trinajstić information content (AvgIpc) is 3.34. The summed E-state index contributed by atoms with van der Waals surface area (Å²) in [7, 11) is 0. The Labute approximate surface area is 182 Å². The topological polar surface area (TPSA) is 138 Å². The van der Waals surface area contributed by atoms with E-state index in [-0.39, 0.29) is 35.3 Å². The predicted octanol–water partition coefficient (Wildman–Crippen LogP) is 4.61. The Balaban J connectivity index is 1.71. The molecule has 0 fully saturated rings. The van der Waals surface area contributed by atoms with Crippen molar-refractivity contribution >= 4 is 33.8 Å². The molecule has 31 heavy (non-hydrogen) atoms. The summed E-state index contributed by atoms with van der Waals surface area (Å²) >= 11 is 1.28. The van der Waals surface area contributed by atoms with Crippen molar-refractivity contribution in [3.05, 3.63) is 74.0 Å². The highest BCUT2D eigenvalue weighted by molar-refractivity contribution is 7.16. The van der Waals surface area contributed by atoms with E-state index in [4.69, 9.17) is 14.9 Å². The van der Waals surface area contributed by atoms with Gasteiger partial charge in [0.2, 0.25) is 0 Å². The van der Waals surface area contributed by atoms with Crippen molar-refractivity contribution in [1.82, 2.24) is 0 Å². The number of nitro benzene ring substituents is 1. The van der Waals surface area contributed by atoms with Crippen LogP contribution in [0.1, 0.15) is 56.9 Å². The lowest BCUT2D eigenvalue weighted by Crippen LogP contribution is -2.16. The van der Waals surface area contributed by atoms with Gasteiger partial charge in [0.15, 0.2) is 11.5 Å². The molecular formula is C21H21N3O6S. The minimum Gasteiger partial charge on any atom is -0.479 e. The molecule has 0 saturated heterocycles. The number of hydrogen-bond acceptors (Lipinski definition) is 7. The lowest BCUT2D eigenvalue weighted by Gasteiger charge is -2.06. The van der Waals surface area contributed by atoms with E-state index >= 15 is 0 Å². The maximum atomic E-state index is 12.6. The second-order valence-electron chi connectivity index (χ2n) is 7.15. The van der Waals surface area contributed by atoms with Crippen LogP contribution in [0, 0.1) is 17.0 Å². The van der Waals surface area contributed by atoms with Crippen LogP contribution in [-0.2, 0) is 6.61 Å². The van der Waals surface area contributed by atoms with Gasteiger partial charge in [0, 0.05) is 10.9 Å². The van der Waals surface area contributed by atoms with E-state index in [1.54, 1.807) is 19.1 Å². The number of furan rings is 1. The highest BCUT2D eigenvalue weighted by atomic mass is 32.1. The first-order valence-corrected chi connectivity index (χ1v) is 10.2. The number of carbonyl (C=O) groups excluding carboxylic acids is 2. The third-order valence-electron chi connectivity index (χ3n) is 4.38. The number of nitrogens with zero attached hydrogens (tertiary/aromatic N) is 1. The summed E-state index contributed by atoms with van der Waals surface area (Å²) in [6.45, 7) is 5.59. The highest BCUT2D eigenvalue weighted by Crippen LogP contribution is 2.33. The molecule has 0 spiro atoms. The fraction of sp³-hybridized carbons (Fsp3) is 0.238. The molecular weight excluding hydrogens is 422 g/mol. The van der Waals surface area contributed by atoms with Gasteiger partial charge in [-0.1, -0.05) is 19.9 Å². The standard InChI is InChI=1S/C21H21N3O6S/c1-11(2)18-9-14(19(22)25)21(31-18)23-20(26)17-7-5-13(30-17)10-29-16-6-4-12(3)8-15(16)24(27)28/h4-9,11H,10H2,1-3H3,(H2,22,25)(H,23,26). The molecule has 0 saturated carbocycles. The number of thiophene rings is 1. The molecule has 0 radical (unpaired) electrons. The molecule has 0 aliphatic rings. The van der Waals surface area contributed by atoms with Gasteiger partial charge in [-0.15, -0.1) is 11.3 Å². The fourth-order valence-electron chi connectivity index (χ4n) is 2.75. The fourth-order valence-corrected chi connectivity index (χ4v) is 3.82. The zero-order valence-corrected chi connectivity index (χ0v) is 17.9. The minimum atomic E-state index is -0.633. The van der Waals surface area contributed by atoms with Crippen molar-refractivity contribution in [1.29, 1.82) is 0 Å². The van der Waals surface area contributed by atoms with E-state index in [9.17, 15) is 19.7 Å². The van der Waals surface area contributed by atoms with Gasteiger partial charge in [0.05, 0.1) is 10.5 Å². The van der Waals surface area contributed by atoms with Crippen molar-refractivity contribution in [2.45, 2.75) is 33.3 Å². The van der Waals surface area contributed by atoms with Gasteiger partial charge in [0.1, 0.15) is 17.4 Å². The van der Waals surface area contributed by atoms with Crippen LogP contribution in [0.5, 0.6) is 5.75 Å². The summed E-state index contributed by atoms with van der Waals surface area (Å²) in [6, 6.07) is 9.29. The maximum absolute atomic E-state index is 12.6. The van der Waals surface area contributed by atoms with E-state index < -0.39 is 16.7 Å². The first-order chi connectivity index (χ1) is 14.7.